The fourth-order valence-electron chi connectivity index (χ4n) is 1.49. The third-order valence-electron chi connectivity index (χ3n) is 2.20. The van der Waals surface area contributed by atoms with E-state index in [1.54, 1.807) is 6.08 Å². The van der Waals surface area contributed by atoms with Crippen molar-refractivity contribution in [2.45, 2.75) is 19.8 Å². The minimum atomic E-state index is 0.0982. The lowest BCUT2D eigenvalue weighted by Crippen LogP contribution is -1.86. The number of allylic oxidation sites excluding steroid dienone is 2. The van der Waals surface area contributed by atoms with Gasteiger partial charge in [-0.25, -0.2) is 0 Å². The third-order valence-corrected chi connectivity index (χ3v) is 2.20. The van der Waals surface area contributed by atoms with Gasteiger partial charge >= 0.3 is 0 Å². The maximum atomic E-state index is 8.58. The minimum Gasteiger partial charge on any atom is -0.392 e. The van der Waals surface area contributed by atoms with Crippen LogP contribution in [0.2, 0.25) is 0 Å². The van der Waals surface area contributed by atoms with E-state index in [0.29, 0.717) is 0 Å². The van der Waals surface area contributed by atoms with Crippen molar-refractivity contribution in [1.29, 1.82) is 0 Å². The Labute approximate surface area is 91.8 Å². The van der Waals surface area contributed by atoms with E-state index in [4.69, 9.17) is 5.11 Å². The van der Waals surface area contributed by atoms with Crippen molar-refractivity contribution in [2.75, 3.05) is 6.61 Å². The Morgan fingerprint density at radius 3 is 2.73 bits per heavy atom. The second-order valence-electron chi connectivity index (χ2n) is 3.42. The molecular weight excluding hydrogens is 184 g/mol. The molecule has 0 aliphatic carbocycles. The predicted molar refractivity (Wildman–Crippen MR) is 65.7 cm³/mol. The summed E-state index contributed by atoms with van der Waals surface area (Å²) in [6, 6.07) is 8.41. The van der Waals surface area contributed by atoms with Crippen LogP contribution in [0.15, 0.2) is 42.5 Å². The molecule has 0 atom stereocenters. The topological polar surface area (TPSA) is 20.2 Å². The van der Waals surface area contributed by atoms with Crippen molar-refractivity contribution < 1.29 is 5.11 Å². The van der Waals surface area contributed by atoms with Crippen molar-refractivity contribution in [3.8, 4) is 0 Å². The largest absolute Gasteiger partial charge is 0.392 e. The standard InChI is InChI=1S/C14H18O/c1-2-8-13-10-5-6-11-14(13)9-4-3-7-12-15/h3-7,9-11,15H,2,8,12H2,1H3/b7-3+,9-4+. The summed E-state index contributed by atoms with van der Waals surface area (Å²) in [5.41, 5.74) is 2.65. The van der Waals surface area contributed by atoms with Gasteiger partial charge in [-0.2, -0.15) is 0 Å². The number of hydrogen-bond acceptors (Lipinski definition) is 1. The quantitative estimate of drug-likeness (QED) is 0.727. The van der Waals surface area contributed by atoms with E-state index >= 15 is 0 Å². The van der Waals surface area contributed by atoms with Crippen molar-refractivity contribution in [2.24, 2.45) is 0 Å². The van der Waals surface area contributed by atoms with E-state index < -0.39 is 0 Å². The number of hydrogen-bond donors (Lipinski definition) is 1. The second kappa shape index (κ2) is 7.02. The number of aliphatic hydroxyl groups excluding tert-OH is 1. The van der Waals surface area contributed by atoms with Crippen molar-refractivity contribution in [1.82, 2.24) is 0 Å². The summed E-state index contributed by atoms with van der Waals surface area (Å²) < 4.78 is 0. The van der Waals surface area contributed by atoms with Crippen molar-refractivity contribution >= 4 is 6.08 Å². The summed E-state index contributed by atoms with van der Waals surface area (Å²) in [7, 11) is 0. The first kappa shape index (κ1) is 11.7. The smallest absolute Gasteiger partial charge is 0.0615 e. The molecule has 80 valence electrons. The Morgan fingerprint density at radius 1 is 1.20 bits per heavy atom. The molecular formula is C14H18O. The highest BCUT2D eigenvalue weighted by Gasteiger charge is 1.95. The molecule has 1 aromatic rings. The van der Waals surface area contributed by atoms with Gasteiger partial charge in [-0.1, -0.05) is 61.9 Å². The van der Waals surface area contributed by atoms with Gasteiger partial charge in [0.25, 0.3) is 0 Å². The molecule has 1 N–H and O–H groups in total. The molecule has 1 rings (SSSR count). The Kier molecular flexibility index (Phi) is 5.49. The van der Waals surface area contributed by atoms with Crippen LogP contribution in [0.5, 0.6) is 0 Å². The molecule has 0 fully saturated rings. The first-order valence-electron chi connectivity index (χ1n) is 5.40. The molecule has 0 radical (unpaired) electrons. The molecule has 0 aliphatic rings. The Bertz CT molecular complexity index is 337. The molecule has 15 heavy (non-hydrogen) atoms. The second-order valence-corrected chi connectivity index (χ2v) is 3.42. The summed E-state index contributed by atoms with van der Waals surface area (Å²) >= 11 is 0. The zero-order valence-corrected chi connectivity index (χ0v) is 9.19. The zero-order valence-electron chi connectivity index (χ0n) is 9.19. The van der Waals surface area contributed by atoms with Gasteiger partial charge in [0.2, 0.25) is 0 Å². The lowest BCUT2D eigenvalue weighted by atomic mass is 10.0. The maximum Gasteiger partial charge on any atom is 0.0615 e. The van der Waals surface area contributed by atoms with Crippen LogP contribution in [-0.2, 0) is 6.42 Å². The molecule has 0 spiro atoms. The Hall–Kier alpha value is -1.34. The average Bonchev–Trinajstić information content (AvgIpc) is 2.27. The molecule has 1 heteroatoms. The first-order chi connectivity index (χ1) is 7.38. The van der Waals surface area contributed by atoms with Gasteiger partial charge < -0.3 is 5.11 Å². The fraction of sp³-hybridized carbons (Fsp3) is 0.286. The zero-order chi connectivity index (χ0) is 10.9. The van der Waals surface area contributed by atoms with Gasteiger partial charge in [-0.05, 0) is 17.5 Å². The van der Waals surface area contributed by atoms with Crippen LogP contribution in [0.25, 0.3) is 6.08 Å². The van der Waals surface area contributed by atoms with Gasteiger partial charge in [-0.3, -0.25) is 0 Å². The molecule has 0 aromatic heterocycles. The highest BCUT2D eigenvalue weighted by Crippen LogP contribution is 2.12. The average molecular weight is 202 g/mol. The monoisotopic (exact) mass is 202 g/mol. The van der Waals surface area contributed by atoms with Gasteiger partial charge in [0.1, 0.15) is 0 Å². The molecule has 0 aliphatic heterocycles. The van der Waals surface area contributed by atoms with Gasteiger partial charge in [0.05, 0.1) is 6.61 Å². The fourth-order valence-corrected chi connectivity index (χ4v) is 1.49. The van der Waals surface area contributed by atoms with Gasteiger partial charge in [0, 0.05) is 0 Å². The van der Waals surface area contributed by atoms with E-state index in [-0.39, 0.29) is 6.61 Å². The third kappa shape index (κ3) is 4.13. The number of rotatable bonds is 5. The SMILES string of the molecule is CCCc1ccccc1/C=C/C=C/CO. The minimum absolute atomic E-state index is 0.0982. The lowest BCUT2D eigenvalue weighted by Gasteiger charge is -2.02. The molecule has 0 saturated heterocycles. The molecule has 0 bridgehead atoms. The molecule has 0 heterocycles. The Balaban J connectivity index is 2.74. The van der Waals surface area contributed by atoms with Gasteiger partial charge in [0.15, 0.2) is 0 Å². The van der Waals surface area contributed by atoms with Crippen LogP contribution in [0.1, 0.15) is 24.5 Å². The highest BCUT2D eigenvalue weighted by atomic mass is 16.2. The van der Waals surface area contributed by atoms with Crippen LogP contribution in [0.4, 0.5) is 0 Å². The Morgan fingerprint density at radius 2 is 2.00 bits per heavy atom. The van der Waals surface area contributed by atoms with Crippen LogP contribution >= 0.6 is 0 Å². The number of aliphatic hydroxyl groups is 1. The van der Waals surface area contributed by atoms with Gasteiger partial charge in [-0.15, -0.1) is 0 Å². The molecule has 1 nitrogen and oxygen atoms in total. The number of aryl methyl sites for hydroxylation is 1. The van der Waals surface area contributed by atoms with Crippen LogP contribution in [0.3, 0.4) is 0 Å². The van der Waals surface area contributed by atoms with E-state index in [9.17, 15) is 0 Å². The highest BCUT2D eigenvalue weighted by molar-refractivity contribution is 5.55. The van der Waals surface area contributed by atoms with Crippen molar-refractivity contribution in [3.63, 3.8) is 0 Å². The summed E-state index contributed by atoms with van der Waals surface area (Å²) in [6.07, 6.45) is 9.91. The van der Waals surface area contributed by atoms with E-state index in [2.05, 4.69) is 37.3 Å². The first-order valence-corrected chi connectivity index (χ1v) is 5.40. The molecule has 0 saturated carbocycles. The van der Waals surface area contributed by atoms with E-state index in [1.807, 2.05) is 12.2 Å². The molecule has 1 aromatic carbocycles. The summed E-state index contributed by atoms with van der Waals surface area (Å²) in [5.74, 6) is 0. The molecule has 0 unspecified atom stereocenters. The van der Waals surface area contributed by atoms with Crippen LogP contribution < -0.4 is 0 Å². The van der Waals surface area contributed by atoms with E-state index in [0.717, 1.165) is 12.8 Å². The summed E-state index contributed by atoms with van der Waals surface area (Å²) in [5, 5.41) is 8.58. The van der Waals surface area contributed by atoms with Crippen molar-refractivity contribution in [3.05, 3.63) is 53.6 Å². The van der Waals surface area contributed by atoms with E-state index in [1.165, 1.54) is 11.1 Å². The normalized spacial score (nSPS) is 11.6. The lowest BCUT2D eigenvalue weighted by molar-refractivity contribution is 0.343. The van der Waals surface area contributed by atoms with Crippen LogP contribution in [0, 0.1) is 0 Å². The predicted octanol–water partition coefficient (Wildman–Crippen LogP) is 3.20. The summed E-state index contributed by atoms with van der Waals surface area (Å²) in [6.45, 7) is 2.28. The maximum absolute atomic E-state index is 8.58. The summed E-state index contributed by atoms with van der Waals surface area (Å²) in [4.78, 5) is 0. The molecule has 0 amide bonds. The number of benzene rings is 1. The van der Waals surface area contributed by atoms with Crippen LogP contribution in [-0.4, -0.2) is 11.7 Å².